The minimum atomic E-state index is 0. The first-order valence-electron chi connectivity index (χ1n) is 4.53. The fourth-order valence-electron chi connectivity index (χ4n) is 1.55. The summed E-state index contributed by atoms with van der Waals surface area (Å²) in [4.78, 5) is 0. The van der Waals surface area contributed by atoms with E-state index in [-0.39, 0.29) is 18.4 Å². The van der Waals surface area contributed by atoms with Crippen molar-refractivity contribution in [3.05, 3.63) is 33.3 Å². The second-order valence-electron chi connectivity index (χ2n) is 3.25. The number of morpholine rings is 1. The molecule has 1 aliphatic rings. The van der Waals surface area contributed by atoms with Crippen LogP contribution in [0.15, 0.2) is 22.7 Å². The van der Waals surface area contributed by atoms with Gasteiger partial charge in [-0.15, -0.1) is 12.4 Å². The van der Waals surface area contributed by atoms with E-state index >= 15 is 0 Å². The van der Waals surface area contributed by atoms with Gasteiger partial charge in [0, 0.05) is 16.0 Å². The Morgan fingerprint density at radius 3 is 2.93 bits per heavy atom. The molecule has 1 saturated heterocycles. The Kier molecular flexibility index (Phi) is 5.36. The average molecular weight is 313 g/mol. The monoisotopic (exact) mass is 311 g/mol. The molecule has 0 radical (unpaired) electrons. The Bertz CT molecular complexity index is 329. The van der Waals surface area contributed by atoms with Crippen LogP contribution in [0, 0.1) is 0 Å². The standard InChI is InChI=1S/C10H11BrClNO.ClH/c11-9-2-1-7(12)5-8(9)10-6-14-4-3-13-10;/h1-2,5,10,13H,3-4,6H2;1H/t10-;/m0./s1. The summed E-state index contributed by atoms with van der Waals surface area (Å²) < 4.78 is 6.48. The molecular weight excluding hydrogens is 301 g/mol. The SMILES string of the molecule is Cl.Clc1ccc(Br)c([C@@H]2COCCN2)c1. The van der Waals surface area contributed by atoms with Crippen molar-refractivity contribution < 1.29 is 4.74 Å². The van der Waals surface area contributed by atoms with Gasteiger partial charge in [-0.05, 0) is 23.8 Å². The van der Waals surface area contributed by atoms with E-state index in [2.05, 4.69) is 21.2 Å². The predicted molar refractivity (Wildman–Crippen MR) is 68.0 cm³/mol. The van der Waals surface area contributed by atoms with E-state index in [0.29, 0.717) is 6.61 Å². The molecule has 1 N–H and O–H groups in total. The molecule has 1 heterocycles. The third-order valence-electron chi connectivity index (χ3n) is 2.26. The van der Waals surface area contributed by atoms with Gasteiger partial charge >= 0.3 is 0 Å². The maximum atomic E-state index is 5.95. The highest BCUT2D eigenvalue weighted by molar-refractivity contribution is 9.10. The van der Waals surface area contributed by atoms with Gasteiger partial charge in [-0.1, -0.05) is 27.5 Å². The summed E-state index contributed by atoms with van der Waals surface area (Å²) in [6, 6.07) is 6.06. The number of ether oxygens (including phenoxy) is 1. The molecular formula is C10H12BrCl2NO. The Morgan fingerprint density at radius 1 is 1.47 bits per heavy atom. The zero-order valence-corrected chi connectivity index (χ0v) is 11.2. The first-order chi connectivity index (χ1) is 6.77. The van der Waals surface area contributed by atoms with Crippen molar-refractivity contribution in [1.29, 1.82) is 0 Å². The van der Waals surface area contributed by atoms with Crippen LogP contribution in [0.5, 0.6) is 0 Å². The van der Waals surface area contributed by atoms with Crippen LogP contribution in [-0.4, -0.2) is 19.8 Å². The van der Waals surface area contributed by atoms with Crippen LogP contribution in [0.3, 0.4) is 0 Å². The van der Waals surface area contributed by atoms with E-state index in [1.165, 1.54) is 0 Å². The van der Waals surface area contributed by atoms with Gasteiger partial charge in [0.15, 0.2) is 0 Å². The summed E-state index contributed by atoms with van der Waals surface area (Å²) >= 11 is 9.46. The number of hydrogen-bond acceptors (Lipinski definition) is 2. The molecule has 0 amide bonds. The minimum Gasteiger partial charge on any atom is -0.378 e. The van der Waals surface area contributed by atoms with Gasteiger partial charge in [0.2, 0.25) is 0 Å². The van der Waals surface area contributed by atoms with Crippen LogP contribution in [0.25, 0.3) is 0 Å². The van der Waals surface area contributed by atoms with Crippen molar-refractivity contribution in [3.63, 3.8) is 0 Å². The highest BCUT2D eigenvalue weighted by atomic mass is 79.9. The highest BCUT2D eigenvalue weighted by Crippen LogP contribution is 2.27. The number of halogens is 3. The third-order valence-corrected chi connectivity index (χ3v) is 3.21. The summed E-state index contributed by atoms with van der Waals surface area (Å²) in [6.07, 6.45) is 0. The van der Waals surface area contributed by atoms with E-state index in [1.54, 1.807) is 0 Å². The van der Waals surface area contributed by atoms with Gasteiger partial charge < -0.3 is 10.1 Å². The van der Waals surface area contributed by atoms with E-state index in [9.17, 15) is 0 Å². The van der Waals surface area contributed by atoms with Crippen molar-refractivity contribution in [2.24, 2.45) is 0 Å². The molecule has 84 valence electrons. The lowest BCUT2D eigenvalue weighted by atomic mass is 10.1. The molecule has 2 nitrogen and oxygen atoms in total. The van der Waals surface area contributed by atoms with Gasteiger partial charge in [0.1, 0.15) is 0 Å². The van der Waals surface area contributed by atoms with Crippen molar-refractivity contribution >= 4 is 39.9 Å². The molecule has 1 atom stereocenters. The first kappa shape index (κ1) is 13.3. The third kappa shape index (κ3) is 3.33. The topological polar surface area (TPSA) is 21.3 Å². The summed E-state index contributed by atoms with van der Waals surface area (Å²) in [5, 5.41) is 4.15. The van der Waals surface area contributed by atoms with E-state index < -0.39 is 0 Å². The highest BCUT2D eigenvalue weighted by Gasteiger charge is 2.17. The van der Waals surface area contributed by atoms with Gasteiger partial charge in [-0.2, -0.15) is 0 Å². The quantitative estimate of drug-likeness (QED) is 0.860. The van der Waals surface area contributed by atoms with Gasteiger partial charge in [0.25, 0.3) is 0 Å². The summed E-state index contributed by atoms with van der Waals surface area (Å²) in [5.41, 5.74) is 1.16. The fourth-order valence-corrected chi connectivity index (χ4v) is 2.25. The van der Waals surface area contributed by atoms with Crippen LogP contribution in [0.1, 0.15) is 11.6 Å². The average Bonchev–Trinajstić information content (AvgIpc) is 2.23. The summed E-state index contributed by atoms with van der Waals surface area (Å²) in [6.45, 7) is 2.39. The van der Waals surface area contributed by atoms with Crippen LogP contribution >= 0.6 is 39.9 Å². The summed E-state index contributed by atoms with van der Waals surface area (Å²) in [7, 11) is 0. The number of benzene rings is 1. The van der Waals surface area contributed by atoms with Crippen molar-refractivity contribution in [2.45, 2.75) is 6.04 Å². The van der Waals surface area contributed by atoms with Crippen LogP contribution in [0.2, 0.25) is 5.02 Å². The molecule has 0 aliphatic carbocycles. The lowest BCUT2D eigenvalue weighted by Crippen LogP contribution is -2.34. The van der Waals surface area contributed by atoms with Crippen molar-refractivity contribution in [1.82, 2.24) is 5.32 Å². The number of hydrogen-bond donors (Lipinski definition) is 1. The van der Waals surface area contributed by atoms with Gasteiger partial charge in [0.05, 0.1) is 19.3 Å². The molecule has 0 unspecified atom stereocenters. The van der Waals surface area contributed by atoms with Crippen molar-refractivity contribution in [2.75, 3.05) is 19.8 Å². The molecule has 5 heteroatoms. The Labute approximate surface area is 109 Å². The largest absolute Gasteiger partial charge is 0.378 e. The lowest BCUT2D eigenvalue weighted by molar-refractivity contribution is 0.0767. The van der Waals surface area contributed by atoms with Crippen molar-refractivity contribution in [3.8, 4) is 0 Å². The van der Waals surface area contributed by atoms with E-state index in [0.717, 1.165) is 28.2 Å². The molecule has 0 aromatic heterocycles. The summed E-state index contributed by atoms with van der Waals surface area (Å²) in [5.74, 6) is 0. The maximum absolute atomic E-state index is 5.95. The second-order valence-corrected chi connectivity index (χ2v) is 4.54. The molecule has 15 heavy (non-hydrogen) atoms. The van der Waals surface area contributed by atoms with Crippen LogP contribution in [0.4, 0.5) is 0 Å². The normalized spacial score (nSPS) is 20.8. The first-order valence-corrected chi connectivity index (χ1v) is 5.70. The maximum Gasteiger partial charge on any atom is 0.0662 e. The molecule has 0 bridgehead atoms. The molecule has 1 aliphatic heterocycles. The molecule has 1 aromatic rings. The fraction of sp³-hybridized carbons (Fsp3) is 0.400. The molecule has 1 fully saturated rings. The van der Waals surface area contributed by atoms with Crippen LogP contribution in [-0.2, 0) is 4.74 Å². The van der Waals surface area contributed by atoms with Gasteiger partial charge in [-0.25, -0.2) is 0 Å². The minimum absolute atomic E-state index is 0. The van der Waals surface area contributed by atoms with E-state index in [1.807, 2.05) is 18.2 Å². The predicted octanol–water partition coefficient (Wildman–Crippen LogP) is 3.19. The Balaban J connectivity index is 0.00000112. The smallest absolute Gasteiger partial charge is 0.0662 e. The number of rotatable bonds is 1. The Morgan fingerprint density at radius 2 is 2.27 bits per heavy atom. The van der Waals surface area contributed by atoms with Crippen LogP contribution < -0.4 is 5.32 Å². The molecule has 1 aromatic carbocycles. The molecule has 2 rings (SSSR count). The zero-order chi connectivity index (χ0) is 9.97. The zero-order valence-electron chi connectivity index (χ0n) is 8.00. The number of nitrogens with one attached hydrogen (secondary N) is 1. The molecule has 0 saturated carbocycles. The second kappa shape index (κ2) is 6.06. The van der Waals surface area contributed by atoms with E-state index in [4.69, 9.17) is 16.3 Å². The van der Waals surface area contributed by atoms with Gasteiger partial charge in [-0.3, -0.25) is 0 Å². The lowest BCUT2D eigenvalue weighted by Gasteiger charge is -2.25. The Hall–Kier alpha value is 0.200. The molecule has 0 spiro atoms.